The number of aromatic nitrogens is 3. The van der Waals surface area contributed by atoms with Crippen molar-refractivity contribution in [1.82, 2.24) is 20.3 Å². The lowest BCUT2D eigenvalue weighted by Gasteiger charge is -2.28. The Hall–Kier alpha value is -4.01. The van der Waals surface area contributed by atoms with E-state index in [0.717, 1.165) is 25.1 Å². The number of aryl methyl sites for hydroxylation is 1. The molecule has 0 unspecified atom stereocenters. The Morgan fingerprint density at radius 3 is 2.67 bits per heavy atom. The van der Waals surface area contributed by atoms with E-state index in [1.807, 2.05) is 13.0 Å². The van der Waals surface area contributed by atoms with Crippen LogP contribution in [0.25, 0.3) is 22.0 Å². The molecule has 1 aliphatic heterocycles. The highest BCUT2D eigenvalue weighted by molar-refractivity contribution is 7.92. The summed E-state index contributed by atoms with van der Waals surface area (Å²) in [6, 6.07) is 13.7. The van der Waals surface area contributed by atoms with E-state index >= 15 is 0 Å². The Morgan fingerprint density at radius 2 is 1.88 bits per heavy atom. The molecule has 0 aliphatic carbocycles. The molecule has 14 heteroatoms. The first-order chi connectivity index (χ1) is 20.0. The van der Waals surface area contributed by atoms with E-state index in [0.29, 0.717) is 33.7 Å². The number of rotatable bonds is 9. The summed E-state index contributed by atoms with van der Waals surface area (Å²) >= 11 is 0. The van der Waals surface area contributed by atoms with Crippen LogP contribution in [0.3, 0.4) is 0 Å². The van der Waals surface area contributed by atoms with E-state index in [1.54, 1.807) is 48.8 Å². The summed E-state index contributed by atoms with van der Waals surface area (Å²) in [5.74, 6) is 0.0277. The van der Waals surface area contributed by atoms with Crippen LogP contribution in [0, 0.1) is 6.92 Å². The first kappa shape index (κ1) is 29.5. The average molecular weight is 602 g/mol. The lowest BCUT2D eigenvalue weighted by Crippen LogP contribution is -2.49. The number of halogens is 3. The van der Waals surface area contributed by atoms with Gasteiger partial charge in [-0.05, 0) is 43.2 Å². The number of anilines is 2. The summed E-state index contributed by atoms with van der Waals surface area (Å²) in [6.45, 7) is 3.32. The second-order valence-corrected chi connectivity index (χ2v) is 12.0. The van der Waals surface area contributed by atoms with Gasteiger partial charge in [0.05, 0.1) is 29.1 Å². The Kier molecular flexibility index (Phi) is 8.48. The van der Waals surface area contributed by atoms with Crippen LogP contribution in [0.5, 0.6) is 11.6 Å². The Morgan fingerprint density at radius 1 is 1.05 bits per heavy atom. The van der Waals surface area contributed by atoms with Crippen molar-refractivity contribution < 1.29 is 26.3 Å². The van der Waals surface area contributed by atoms with E-state index in [4.69, 9.17) is 10.5 Å². The number of pyridine rings is 1. The van der Waals surface area contributed by atoms with Crippen LogP contribution < -0.4 is 25.8 Å². The fourth-order valence-electron chi connectivity index (χ4n) is 4.74. The third-order valence-electron chi connectivity index (χ3n) is 6.75. The molecule has 0 amide bonds. The molecule has 1 saturated heterocycles. The molecule has 3 heterocycles. The van der Waals surface area contributed by atoms with E-state index in [1.165, 1.54) is 6.07 Å². The molecule has 1 fully saturated rings. The monoisotopic (exact) mass is 601 g/mol. The molecule has 222 valence electrons. The molecular formula is C28H30F3N7O3S. The summed E-state index contributed by atoms with van der Waals surface area (Å²) in [7, 11) is -4.26. The van der Waals surface area contributed by atoms with Crippen LogP contribution in [0.4, 0.5) is 24.8 Å². The average Bonchev–Trinajstić information content (AvgIpc) is 2.94. The second kappa shape index (κ2) is 12.1. The van der Waals surface area contributed by atoms with E-state index in [-0.39, 0.29) is 23.7 Å². The predicted molar refractivity (Wildman–Crippen MR) is 155 cm³/mol. The number of ether oxygens (including phenoxy) is 1. The summed E-state index contributed by atoms with van der Waals surface area (Å²) in [4.78, 5) is 13.5. The summed E-state index contributed by atoms with van der Waals surface area (Å²) in [6.07, 6.45) is -2.04. The third kappa shape index (κ3) is 7.24. The standard InChI is InChI=1S/C28H30F3N7O3S/c1-17-7-8-20-21(4-2-6-24(20)38-42(39,40)13-10-28(29,30)31)25(17)41-26-22(5-3-11-34-26)23-9-12-35-27(37-23)36-19-14-18(32)15-33-16-19/h2-9,11-12,18-19,33,38H,10,13-16,32H2,1H3,(H,35,36,37)/t18-,19+/m1/s1. The number of sulfonamides is 1. The molecule has 2 aromatic heterocycles. The van der Waals surface area contributed by atoms with E-state index in [9.17, 15) is 21.6 Å². The molecule has 4 aromatic rings. The van der Waals surface area contributed by atoms with Gasteiger partial charge in [0.2, 0.25) is 21.9 Å². The van der Waals surface area contributed by atoms with Crippen molar-refractivity contribution in [2.24, 2.45) is 5.73 Å². The SMILES string of the molecule is Cc1ccc2c(NS(=O)(=O)CCC(F)(F)F)cccc2c1Oc1ncccc1-c1ccnc(N[C@@H]2CNC[C@H](N)C2)n1. The molecule has 0 spiro atoms. The number of nitrogens with zero attached hydrogens (tertiary/aromatic N) is 3. The molecule has 0 saturated carbocycles. The van der Waals surface area contributed by atoms with Crippen LogP contribution in [-0.2, 0) is 10.0 Å². The molecule has 5 N–H and O–H groups in total. The normalized spacial score (nSPS) is 17.6. The molecule has 1 aliphatic rings. The van der Waals surface area contributed by atoms with Crippen LogP contribution >= 0.6 is 0 Å². The third-order valence-corrected chi connectivity index (χ3v) is 8.02. The van der Waals surface area contributed by atoms with Gasteiger partial charge in [0.25, 0.3) is 0 Å². The molecule has 2 aromatic carbocycles. The minimum Gasteiger partial charge on any atom is -0.437 e. The summed E-state index contributed by atoms with van der Waals surface area (Å²) < 4.78 is 71.4. The van der Waals surface area contributed by atoms with Crippen molar-refractivity contribution in [2.45, 2.75) is 38.0 Å². The lowest BCUT2D eigenvalue weighted by atomic mass is 10.0. The molecule has 0 radical (unpaired) electrons. The number of nitrogens with one attached hydrogen (secondary N) is 3. The fourth-order valence-corrected chi connectivity index (χ4v) is 5.86. The first-order valence-corrected chi connectivity index (χ1v) is 14.9. The van der Waals surface area contributed by atoms with Gasteiger partial charge in [0.1, 0.15) is 5.75 Å². The topological polar surface area (TPSA) is 144 Å². The zero-order valence-corrected chi connectivity index (χ0v) is 23.5. The number of alkyl halides is 3. The van der Waals surface area contributed by atoms with Crippen molar-refractivity contribution in [3.05, 3.63) is 66.5 Å². The predicted octanol–water partition coefficient (Wildman–Crippen LogP) is 4.59. The number of hydrogen-bond acceptors (Lipinski definition) is 9. The van der Waals surface area contributed by atoms with Gasteiger partial charge in [-0.1, -0.05) is 24.3 Å². The Labute approximate surface area is 241 Å². The second-order valence-electron chi connectivity index (χ2n) is 10.1. The minimum atomic E-state index is -4.59. The number of benzene rings is 2. The van der Waals surface area contributed by atoms with Crippen molar-refractivity contribution in [2.75, 3.05) is 28.9 Å². The van der Waals surface area contributed by atoms with Crippen LogP contribution in [0.15, 0.2) is 60.9 Å². The molecule has 0 bridgehead atoms. The maximum atomic E-state index is 12.6. The van der Waals surface area contributed by atoms with Gasteiger partial charge in [-0.15, -0.1) is 0 Å². The zero-order chi connectivity index (χ0) is 29.9. The number of piperidine rings is 1. The molecule has 42 heavy (non-hydrogen) atoms. The van der Waals surface area contributed by atoms with Crippen molar-refractivity contribution in [3.8, 4) is 22.9 Å². The molecule has 10 nitrogen and oxygen atoms in total. The van der Waals surface area contributed by atoms with Gasteiger partial charge in [-0.2, -0.15) is 13.2 Å². The quantitative estimate of drug-likeness (QED) is 0.217. The zero-order valence-electron chi connectivity index (χ0n) is 22.6. The minimum absolute atomic E-state index is 0.0393. The lowest BCUT2D eigenvalue weighted by molar-refractivity contribution is -0.129. The molecular weight excluding hydrogens is 571 g/mol. The highest BCUT2D eigenvalue weighted by Gasteiger charge is 2.30. The maximum Gasteiger partial charge on any atom is 0.390 e. The van der Waals surface area contributed by atoms with Gasteiger partial charge in [0, 0.05) is 48.3 Å². The highest BCUT2D eigenvalue weighted by Crippen LogP contribution is 2.39. The molecule has 2 atom stereocenters. The number of fused-ring (bicyclic) bond motifs is 1. The molecule has 5 rings (SSSR count). The van der Waals surface area contributed by atoms with Crippen LogP contribution in [0.2, 0.25) is 0 Å². The Balaban J connectivity index is 1.44. The number of nitrogens with two attached hydrogens (primary N) is 1. The van der Waals surface area contributed by atoms with Crippen molar-refractivity contribution in [1.29, 1.82) is 0 Å². The van der Waals surface area contributed by atoms with Gasteiger partial charge < -0.3 is 21.1 Å². The van der Waals surface area contributed by atoms with E-state index < -0.39 is 28.4 Å². The Bertz CT molecular complexity index is 1690. The van der Waals surface area contributed by atoms with Gasteiger partial charge >= 0.3 is 6.18 Å². The van der Waals surface area contributed by atoms with E-state index in [2.05, 4.69) is 30.3 Å². The van der Waals surface area contributed by atoms with Crippen LogP contribution in [0.1, 0.15) is 18.4 Å². The first-order valence-electron chi connectivity index (χ1n) is 13.3. The fraction of sp³-hybridized carbons (Fsp3) is 0.321. The van der Waals surface area contributed by atoms with Crippen LogP contribution in [-0.4, -0.2) is 60.5 Å². The van der Waals surface area contributed by atoms with Gasteiger partial charge in [-0.25, -0.2) is 23.4 Å². The largest absolute Gasteiger partial charge is 0.437 e. The maximum absolute atomic E-state index is 12.6. The van der Waals surface area contributed by atoms with Gasteiger partial charge in [-0.3, -0.25) is 4.72 Å². The number of hydrogen-bond donors (Lipinski definition) is 4. The van der Waals surface area contributed by atoms with Crippen molar-refractivity contribution in [3.63, 3.8) is 0 Å². The van der Waals surface area contributed by atoms with Gasteiger partial charge in [0.15, 0.2) is 0 Å². The smallest absolute Gasteiger partial charge is 0.390 e. The highest BCUT2D eigenvalue weighted by atomic mass is 32.2. The summed E-state index contributed by atoms with van der Waals surface area (Å²) in [5.41, 5.74) is 8.12. The summed E-state index contributed by atoms with van der Waals surface area (Å²) in [5, 5.41) is 7.61. The van der Waals surface area contributed by atoms with Crippen molar-refractivity contribution >= 4 is 32.4 Å².